The fourth-order valence-electron chi connectivity index (χ4n) is 1.84. The molecule has 1 aliphatic rings. The molecule has 2 N–H and O–H groups in total. The third-order valence-electron chi connectivity index (χ3n) is 2.61. The fourth-order valence-corrected chi connectivity index (χ4v) is 1.84. The number of ether oxygens (including phenoxy) is 1. The Morgan fingerprint density at radius 2 is 2.40 bits per heavy atom. The molecule has 0 aromatic carbocycles. The van der Waals surface area contributed by atoms with Crippen LogP contribution < -0.4 is 10.6 Å². The van der Waals surface area contributed by atoms with Crippen molar-refractivity contribution in [3.05, 3.63) is 17.9 Å². The maximum absolute atomic E-state index is 5.62. The zero-order chi connectivity index (χ0) is 10.7. The SMILES string of the molecule is CC1CN(c2ccc(CN)o2)CCCO1. The third kappa shape index (κ3) is 2.52. The van der Waals surface area contributed by atoms with Crippen LogP contribution in [0.4, 0.5) is 5.88 Å². The first-order chi connectivity index (χ1) is 7.29. The summed E-state index contributed by atoms with van der Waals surface area (Å²) in [7, 11) is 0. The minimum Gasteiger partial charge on any atom is -0.444 e. The van der Waals surface area contributed by atoms with Crippen molar-refractivity contribution in [3.8, 4) is 0 Å². The molecule has 1 aromatic heterocycles. The summed E-state index contributed by atoms with van der Waals surface area (Å²) in [4.78, 5) is 2.22. The molecule has 1 atom stereocenters. The highest BCUT2D eigenvalue weighted by molar-refractivity contribution is 5.36. The van der Waals surface area contributed by atoms with E-state index < -0.39 is 0 Å². The first kappa shape index (κ1) is 10.5. The molecule has 1 unspecified atom stereocenters. The van der Waals surface area contributed by atoms with E-state index in [-0.39, 0.29) is 6.10 Å². The summed E-state index contributed by atoms with van der Waals surface area (Å²) in [6.07, 6.45) is 1.31. The summed E-state index contributed by atoms with van der Waals surface area (Å²) in [6.45, 7) is 5.26. The highest BCUT2D eigenvalue weighted by Crippen LogP contribution is 2.20. The van der Waals surface area contributed by atoms with Crippen molar-refractivity contribution >= 4 is 5.88 Å². The molecule has 4 nitrogen and oxygen atoms in total. The molecule has 1 fully saturated rings. The summed E-state index contributed by atoms with van der Waals surface area (Å²) in [5.74, 6) is 1.75. The van der Waals surface area contributed by atoms with Crippen molar-refractivity contribution in [1.29, 1.82) is 0 Å². The number of nitrogens with zero attached hydrogens (tertiary/aromatic N) is 1. The van der Waals surface area contributed by atoms with Crippen molar-refractivity contribution in [1.82, 2.24) is 0 Å². The quantitative estimate of drug-likeness (QED) is 0.800. The van der Waals surface area contributed by atoms with Crippen LogP contribution in [-0.4, -0.2) is 25.8 Å². The van der Waals surface area contributed by atoms with Gasteiger partial charge in [-0.15, -0.1) is 0 Å². The maximum atomic E-state index is 5.62. The molecule has 0 radical (unpaired) electrons. The summed E-state index contributed by atoms with van der Waals surface area (Å²) in [5.41, 5.74) is 5.51. The molecule has 1 saturated heterocycles. The Kier molecular flexibility index (Phi) is 3.28. The highest BCUT2D eigenvalue weighted by atomic mass is 16.5. The molecule has 1 aliphatic heterocycles. The first-order valence-electron chi connectivity index (χ1n) is 5.45. The van der Waals surface area contributed by atoms with Gasteiger partial charge in [0.25, 0.3) is 0 Å². The van der Waals surface area contributed by atoms with Gasteiger partial charge in [0.15, 0.2) is 5.88 Å². The molecular weight excluding hydrogens is 192 g/mol. The highest BCUT2D eigenvalue weighted by Gasteiger charge is 2.17. The Hall–Kier alpha value is -1.00. The van der Waals surface area contributed by atoms with E-state index in [4.69, 9.17) is 14.9 Å². The zero-order valence-corrected chi connectivity index (χ0v) is 9.11. The molecule has 2 heterocycles. The second-order valence-electron chi connectivity index (χ2n) is 3.93. The number of anilines is 1. The number of rotatable bonds is 2. The molecular formula is C11H18N2O2. The van der Waals surface area contributed by atoms with Gasteiger partial charge in [-0.2, -0.15) is 0 Å². The summed E-state index contributed by atoms with van der Waals surface area (Å²) in [6, 6.07) is 3.92. The van der Waals surface area contributed by atoms with Crippen LogP contribution in [0.3, 0.4) is 0 Å². The lowest BCUT2D eigenvalue weighted by atomic mass is 10.3. The molecule has 15 heavy (non-hydrogen) atoms. The van der Waals surface area contributed by atoms with Crippen molar-refractivity contribution in [3.63, 3.8) is 0 Å². The van der Waals surface area contributed by atoms with Crippen LogP contribution in [0.1, 0.15) is 19.1 Å². The van der Waals surface area contributed by atoms with Crippen molar-refractivity contribution < 1.29 is 9.15 Å². The normalized spacial score (nSPS) is 22.8. The summed E-state index contributed by atoms with van der Waals surface area (Å²) < 4.78 is 11.2. The molecule has 84 valence electrons. The second kappa shape index (κ2) is 4.68. The van der Waals surface area contributed by atoms with E-state index in [1.807, 2.05) is 12.1 Å². The predicted molar refractivity (Wildman–Crippen MR) is 58.8 cm³/mol. The van der Waals surface area contributed by atoms with Crippen LogP contribution in [-0.2, 0) is 11.3 Å². The minimum atomic E-state index is 0.263. The lowest BCUT2D eigenvalue weighted by Gasteiger charge is -2.21. The molecule has 1 aromatic rings. The van der Waals surface area contributed by atoms with Gasteiger partial charge in [-0.3, -0.25) is 0 Å². The molecule has 2 rings (SSSR count). The van der Waals surface area contributed by atoms with E-state index in [1.165, 1.54) is 0 Å². The van der Waals surface area contributed by atoms with Crippen LogP contribution >= 0.6 is 0 Å². The van der Waals surface area contributed by atoms with E-state index in [2.05, 4.69) is 11.8 Å². The van der Waals surface area contributed by atoms with Crippen molar-refractivity contribution in [2.75, 3.05) is 24.6 Å². The minimum absolute atomic E-state index is 0.263. The second-order valence-corrected chi connectivity index (χ2v) is 3.93. The smallest absolute Gasteiger partial charge is 0.195 e. The third-order valence-corrected chi connectivity index (χ3v) is 2.61. The van der Waals surface area contributed by atoms with Gasteiger partial charge in [-0.05, 0) is 19.4 Å². The summed E-state index contributed by atoms with van der Waals surface area (Å²) in [5, 5.41) is 0. The standard InChI is InChI=1S/C11H18N2O2/c1-9-8-13(5-2-6-14-9)11-4-3-10(7-12)15-11/h3-4,9H,2,5-8,12H2,1H3. The fraction of sp³-hybridized carbons (Fsp3) is 0.636. The average molecular weight is 210 g/mol. The van der Waals surface area contributed by atoms with E-state index in [9.17, 15) is 0 Å². The molecule has 0 spiro atoms. The van der Waals surface area contributed by atoms with Crippen LogP contribution in [0.5, 0.6) is 0 Å². The van der Waals surface area contributed by atoms with Gasteiger partial charge in [0.1, 0.15) is 5.76 Å². The van der Waals surface area contributed by atoms with Gasteiger partial charge in [0.05, 0.1) is 12.6 Å². The zero-order valence-electron chi connectivity index (χ0n) is 9.11. The Morgan fingerprint density at radius 3 is 3.13 bits per heavy atom. The predicted octanol–water partition coefficient (Wildman–Crippen LogP) is 1.35. The molecule has 0 bridgehead atoms. The van der Waals surface area contributed by atoms with Gasteiger partial charge in [-0.1, -0.05) is 0 Å². The number of furan rings is 1. The van der Waals surface area contributed by atoms with E-state index >= 15 is 0 Å². The lowest BCUT2D eigenvalue weighted by Crippen LogP contribution is -2.29. The van der Waals surface area contributed by atoms with Crippen molar-refractivity contribution in [2.24, 2.45) is 5.73 Å². The molecule has 0 amide bonds. The Labute approximate surface area is 90.0 Å². The van der Waals surface area contributed by atoms with Gasteiger partial charge in [0, 0.05) is 25.8 Å². The van der Waals surface area contributed by atoms with Gasteiger partial charge < -0.3 is 19.8 Å². The largest absolute Gasteiger partial charge is 0.444 e. The Bertz CT molecular complexity index is 311. The Morgan fingerprint density at radius 1 is 1.53 bits per heavy atom. The van der Waals surface area contributed by atoms with Crippen LogP contribution in [0.15, 0.2) is 16.5 Å². The summed E-state index contributed by atoms with van der Waals surface area (Å²) >= 11 is 0. The van der Waals surface area contributed by atoms with Crippen LogP contribution in [0.25, 0.3) is 0 Å². The number of nitrogens with two attached hydrogens (primary N) is 1. The lowest BCUT2D eigenvalue weighted by molar-refractivity contribution is 0.0818. The van der Waals surface area contributed by atoms with Gasteiger partial charge in [-0.25, -0.2) is 0 Å². The van der Waals surface area contributed by atoms with Crippen molar-refractivity contribution in [2.45, 2.75) is 26.0 Å². The van der Waals surface area contributed by atoms with Gasteiger partial charge >= 0.3 is 0 Å². The first-order valence-corrected chi connectivity index (χ1v) is 5.45. The van der Waals surface area contributed by atoms with Crippen LogP contribution in [0.2, 0.25) is 0 Å². The molecule has 4 heteroatoms. The van der Waals surface area contributed by atoms with E-state index in [1.54, 1.807) is 0 Å². The van der Waals surface area contributed by atoms with Gasteiger partial charge in [0.2, 0.25) is 0 Å². The topological polar surface area (TPSA) is 51.6 Å². The van der Waals surface area contributed by atoms with Crippen LogP contribution in [0, 0.1) is 0 Å². The molecule has 0 aliphatic carbocycles. The average Bonchev–Trinajstić information content (AvgIpc) is 2.61. The van der Waals surface area contributed by atoms with E-state index in [0.717, 1.165) is 37.8 Å². The van der Waals surface area contributed by atoms with E-state index in [0.29, 0.717) is 6.54 Å². The Balaban J connectivity index is 2.07. The maximum Gasteiger partial charge on any atom is 0.195 e. The number of hydrogen-bond acceptors (Lipinski definition) is 4. The monoisotopic (exact) mass is 210 g/mol. The molecule has 0 saturated carbocycles. The number of hydrogen-bond donors (Lipinski definition) is 1.